The Labute approximate surface area is 182 Å². The zero-order valence-electron chi connectivity index (χ0n) is 16.7. The molecule has 1 aromatic heterocycles. The summed E-state index contributed by atoms with van der Waals surface area (Å²) >= 11 is 0. The summed E-state index contributed by atoms with van der Waals surface area (Å²) in [5.41, 5.74) is 0.725. The topological polar surface area (TPSA) is 85.4 Å². The van der Waals surface area contributed by atoms with Crippen molar-refractivity contribution in [3.63, 3.8) is 0 Å². The monoisotopic (exact) mass is 454 g/mol. The van der Waals surface area contributed by atoms with E-state index < -0.39 is 27.4 Å². The molecule has 0 spiro atoms. The third-order valence-corrected chi connectivity index (χ3v) is 5.66. The molecule has 0 radical (unpaired) electrons. The third kappa shape index (κ3) is 4.57. The Bertz CT molecular complexity index is 1460. The summed E-state index contributed by atoms with van der Waals surface area (Å²) in [4.78, 5) is 17.4. The van der Waals surface area contributed by atoms with Crippen molar-refractivity contribution in [2.45, 2.75) is 4.90 Å². The maximum Gasteiger partial charge on any atom is 0.261 e. The number of sulfone groups is 1. The Morgan fingerprint density at radius 3 is 2.50 bits per heavy atom. The Balaban J connectivity index is 1.75. The number of ether oxygens (including phenoxy) is 1. The highest BCUT2D eigenvalue weighted by Gasteiger charge is 2.19. The number of carbonyl (C=O) groups excluding carboxylic acids is 1. The number of nitrogens with zero attached hydrogens (tertiary/aromatic N) is 1. The van der Waals surface area contributed by atoms with Crippen molar-refractivity contribution in [2.24, 2.45) is 0 Å². The first-order valence-electron chi connectivity index (χ1n) is 9.35. The molecule has 1 heterocycles. The van der Waals surface area contributed by atoms with Gasteiger partial charge in [-0.15, -0.1) is 0 Å². The van der Waals surface area contributed by atoms with E-state index in [-0.39, 0.29) is 27.8 Å². The van der Waals surface area contributed by atoms with Crippen LogP contribution in [-0.2, 0) is 9.84 Å². The molecule has 0 fully saturated rings. The molecule has 0 aliphatic heterocycles. The highest BCUT2D eigenvalue weighted by atomic mass is 32.2. The van der Waals surface area contributed by atoms with Crippen molar-refractivity contribution < 1.29 is 26.7 Å². The van der Waals surface area contributed by atoms with Crippen LogP contribution < -0.4 is 10.1 Å². The van der Waals surface area contributed by atoms with Crippen molar-refractivity contribution in [3.05, 3.63) is 90.0 Å². The lowest BCUT2D eigenvalue weighted by Crippen LogP contribution is -2.14. The number of hydrogen-bond donors (Lipinski definition) is 1. The number of benzene rings is 3. The van der Waals surface area contributed by atoms with E-state index >= 15 is 0 Å². The molecule has 6 nitrogen and oxygen atoms in total. The van der Waals surface area contributed by atoms with Crippen LogP contribution >= 0.6 is 0 Å². The van der Waals surface area contributed by atoms with Crippen molar-refractivity contribution in [1.82, 2.24) is 4.98 Å². The Kier molecular flexibility index (Phi) is 5.58. The molecule has 0 bridgehead atoms. The quantitative estimate of drug-likeness (QED) is 0.461. The fraction of sp³-hybridized carbons (Fsp3) is 0.0435. The standard InChI is InChI=1S/C23H16F2N2O4S/c1-32(29,30)17-7-4-6-16(13-17)26-22(28)18-11-14-5-2-3-8-20(14)27-23(18)31-21-10-9-15(24)12-19(21)25/h2-13H,1H3,(H,26,28). The first-order chi connectivity index (χ1) is 15.2. The summed E-state index contributed by atoms with van der Waals surface area (Å²) in [5, 5.41) is 3.24. The fourth-order valence-corrected chi connectivity index (χ4v) is 3.67. The van der Waals surface area contributed by atoms with Gasteiger partial charge in [-0.05, 0) is 42.5 Å². The normalized spacial score (nSPS) is 11.3. The molecular formula is C23H16F2N2O4S. The average Bonchev–Trinajstić information content (AvgIpc) is 2.75. The summed E-state index contributed by atoms with van der Waals surface area (Å²) in [5.74, 6) is -2.86. The maximum absolute atomic E-state index is 14.1. The van der Waals surface area contributed by atoms with Crippen LogP contribution in [0.4, 0.5) is 14.5 Å². The lowest BCUT2D eigenvalue weighted by molar-refractivity contribution is 0.102. The minimum absolute atomic E-state index is 0.0165. The number of anilines is 1. The van der Waals surface area contributed by atoms with E-state index in [1.54, 1.807) is 24.3 Å². The summed E-state index contributed by atoms with van der Waals surface area (Å²) in [6.45, 7) is 0. The predicted molar refractivity (Wildman–Crippen MR) is 116 cm³/mol. The van der Waals surface area contributed by atoms with E-state index in [9.17, 15) is 22.0 Å². The minimum atomic E-state index is -3.47. The Morgan fingerprint density at radius 2 is 1.75 bits per heavy atom. The van der Waals surface area contributed by atoms with Crippen LogP contribution in [0.15, 0.2) is 77.7 Å². The predicted octanol–water partition coefficient (Wildman–Crippen LogP) is 4.96. The molecule has 0 unspecified atom stereocenters. The second-order valence-corrected chi connectivity index (χ2v) is 8.98. The second kappa shape index (κ2) is 8.35. The van der Waals surface area contributed by atoms with Gasteiger partial charge in [-0.25, -0.2) is 22.2 Å². The summed E-state index contributed by atoms with van der Waals surface area (Å²) in [7, 11) is -3.47. The molecule has 0 saturated heterocycles. The molecule has 1 N–H and O–H groups in total. The number of amides is 1. The number of para-hydroxylation sites is 1. The number of carbonyl (C=O) groups is 1. The molecule has 0 aliphatic carbocycles. The number of nitrogens with one attached hydrogen (secondary N) is 1. The number of rotatable bonds is 5. The molecule has 1 amide bonds. The van der Waals surface area contributed by atoms with Crippen molar-refractivity contribution >= 4 is 32.3 Å². The number of fused-ring (bicyclic) bond motifs is 1. The largest absolute Gasteiger partial charge is 0.435 e. The molecule has 0 atom stereocenters. The SMILES string of the molecule is CS(=O)(=O)c1cccc(NC(=O)c2cc3ccccc3nc2Oc2ccc(F)cc2F)c1. The molecule has 3 aromatic carbocycles. The van der Waals surface area contributed by atoms with E-state index in [0.717, 1.165) is 18.4 Å². The first kappa shape index (κ1) is 21.4. The highest BCUT2D eigenvalue weighted by molar-refractivity contribution is 7.90. The number of aromatic nitrogens is 1. The van der Waals surface area contributed by atoms with Gasteiger partial charge in [0.15, 0.2) is 21.4 Å². The van der Waals surface area contributed by atoms with E-state index in [1.807, 2.05) is 0 Å². The Morgan fingerprint density at radius 1 is 0.969 bits per heavy atom. The molecule has 4 rings (SSSR count). The third-order valence-electron chi connectivity index (χ3n) is 4.55. The van der Waals surface area contributed by atoms with Crippen LogP contribution in [0.1, 0.15) is 10.4 Å². The van der Waals surface area contributed by atoms with Gasteiger partial charge < -0.3 is 10.1 Å². The summed E-state index contributed by atoms with van der Waals surface area (Å²) in [6.07, 6.45) is 1.06. The van der Waals surface area contributed by atoms with Gasteiger partial charge in [0.1, 0.15) is 11.4 Å². The Hall–Kier alpha value is -3.85. The maximum atomic E-state index is 14.1. The van der Waals surface area contributed by atoms with E-state index in [4.69, 9.17) is 4.74 Å². The van der Waals surface area contributed by atoms with E-state index in [2.05, 4.69) is 10.3 Å². The number of pyridine rings is 1. The van der Waals surface area contributed by atoms with Crippen LogP contribution in [0.3, 0.4) is 0 Å². The first-order valence-corrected chi connectivity index (χ1v) is 11.2. The van der Waals surface area contributed by atoms with Gasteiger partial charge in [0.05, 0.1) is 10.4 Å². The summed E-state index contributed by atoms with van der Waals surface area (Å²) < 4.78 is 56.5. The molecule has 0 saturated carbocycles. The van der Waals surface area contributed by atoms with Crippen molar-refractivity contribution in [3.8, 4) is 11.6 Å². The van der Waals surface area contributed by atoms with Gasteiger partial charge >= 0.3 is 0 Å². The number of hydrogen-bond acceptors (Lipinski definition) is 5. The van der Waals surface area contributed by atoms with Gasteiger partial charge in [0.2, 0.25) is 5.88 Å². The van der Waals surface area contributed by atoms with Crippen molar-refractivity contribution in [1.29, 1.82) is 0 Å². The summed E-state index contributed by atoms with van der Waals surface area (Å²) in [6, 6.07) is 17.0. The van der Waals surface area contributed by atoms with Crippen LogP contribution in [0, 0.1) is 11.6 Å². The van der Waals surface area contributed by atoms with Crippen LogP contribution in [0.2, 0.25) is 0 Å². The van der Waals surface area contributed by atoms with Gasteiger partial charge in [0, 0.05) is 23.4 Å². The average molecular weight is 454 g/mol. The van der Waals surface area contributed by atoms with E-state index in [0.29, 0.717) is 17.0 Å². The molecule has 0 aliphatic rings. The van der Waals surface area contributed by atoms with E-state index in [1.165, 1.54) is 30.3 Å². The molecular weight excluding hydrogens is 438 g/mol. The zero-order valence-corrected chi connectivity index (χ0v) is 17.5. The molecule has 32 heavy (non-hydrogen) atoms. The molecule has 162 valence electrons. The smallest absolute Gasteiger partial charge is 0.261 e. The second-order valence-electron chi connectivity index (χ2n) is 6.96. The van der Waals surface area contributed by atoms with Gasteiger partial charge in [-0.1, -0.05) is 24.3 Å². The lowest BCUT2D eigenvalue weighted by Gasteiger charge is -2.13. The highest BCUT2D eigenvalue weighted by Crippen LogP contribution is 2.30. The van der Waals surface area contributed by atoms with Crippen LogP contribution in [-0.4, -0.2) is 25.6 Å². The van der Waals surface area contributed by atoms with Crippen molar-refractivity contribution in [2.75, 3.05) is 11.6 Å². The molecule has 9 heteroatoms. The molecule has 4 aromatic rings. The van der Waals surface area contributed by atoms with Gasteiger partial charge in [-0.3, -0.25) is 4.79 Å². The minimum Gasteiger partial charge on any atom is -0.435 e. The fourth-order valence-electron chi connectivity index (χ4n) is 3.00. The zero-order chi connectivity index (χ0) is 22.9. The number of halogens is 2. The van der Waals surface area contributed by atoms with Gasteiger partial charge in [-0.2, -0.15) is 0 Å². The van der Waals surface area contributed by atoms with Crippen LogP contribution in [0.5, 0.6) is 11.6 Å². The van der Waals surface area contributed by atoms with Crippen LogP contribution in [0.25, 0.3) is 10.9 Å². The van der Waals surface area contributed by atoms with Gasteiger partial charge in [0.25, 0.3) is 5.91 Å². The lowest BCUT2D eigenvalue weighted by atomic mass is 10.1.